The topological polar surface area (TPSA) is 90.5 Å². The Morgan fingerprint density at radius 2 is 1.81 bits per heavy atom. The SMILES string of the molecule is CCC1(C)NC(=O)N(NC(=O)CNC(c2ccc(C3CCCCC3)cc2)C(C)C)C1=O. The summed E-state index contributed by atoms with van der Waals surface area (Å²) in [5.74, 6) is 0.0748. The molecule has 0 aromatic heterocycles. The predicted octanol–water partition coefficient (Wildman–Crippen LogP) is 3.77. The summed E-state index contributed by atoms with van der Waals surface area (Å²) in [4.78, 5) is 37.0. The lowest BCUT2D eigenvalue weighted by Crippen LogP contribution is -2.51. The maximum absolute atomic E-state index is 12.5. The Balaban J connectivity index is 1.58. The molecular formula is C24H36N4O3. The number of hydrogen-bond donors (Lipinski definition) is 3. The summed E-state index contributed by atoms with van der Waals surface area (Å²) in [6.45, 7) is 7.69. The van der Waals surface area contributed by atoms with Crippen LogP contribution in [-0.2, 0) is 9.59 Å². The van der Waals surface area contributed by atoms with Crippen molar-refractivity contribution < 1.29 is 14.4 Å². The molecule has 1 heterocycles. The molecule has 7 heteroatoms. The average molecular weight is 429 g/mol. The zero-order valence-corrected chi connectivity index (χ0v) is 19.2. The average Bonchev–Trinajstić information content (AvgIpc) is 2.98. The van der Waals surface area contributed by atoms with E-state index in [1.807, 2.05) is 6.92 Å². The van der Waals surface area contributed by atoms with Crippen LogP contribution < -0.4 is 16.1 Å². The molecule has 1 aromatic carbocycles. The molecule has 170 valence electrons. The van der Waals surface area contributed by atoms with Gasteiger partial charge < -0.3 is 10.6 Å². The van der Waals surface area contributed by atoms with Gasteiger partial charge in [0, 0.05) is 6.04 Å². The van der Waals surface area contributed by atoms with Crippen molar-refractivity contribution in [2.75, 3.05) is 6.54 Å². The minimum atomic E-state index is -0.974. The molecule has 1 saturated heterocycles. The van der Waals surface area contributed by atoms with E-state index in [4.69, 9.17) is 0 Å². The highest BCUT2D eigenvalue weighted by molar-refractivity contribution is 6.07. The first-order chi connectivity index (χ1) is 14.7. The van der Waals surface area contributed by atoms with E-state index < -0.39 is 23.4 Å². The van der Waals surface area contributed by atoms with Crippen molar-refractivity contribution in [2.45, 2.75) is 83.7 Å². The van der Waals surface area contributed by atoms with Crippen molar-refractivity contribution >= 4 is 17.8 Å². The summed E-state index contributed by atoms with van der Waals surface area (Å²) in [5.41, 5.74) is 4.00. The number of carbonyl (C=O) groups is 3. The second-order valence-electron chi connectivity index (χ2n) is 9.40. The number of carbonyl (C=O) groups excluding carboxylic acids is 3. The van der Waals surface area contributed by atoms with E-state index in [0.717, 1.165) is 10.6 Å². The largest absolute Gasteiger partial charge is 0.344 e. The van der Waals surface area contributed by atoms with Gasteiger partial charge in [0.1, 0.15) is 5.54 Å². The Labute approximate surface area is 185 Å². The fourth-order valence-corrected chi connectivity index (χ4v) is 4.54. The van der Waals surface area contributed by atoms with Crippen molar-refractivity contribution in [2.24, 2.45) is 5.92 Å². The predicted molar refractivity (Wildman–Crippen MR) is 120 cm³/mol. The van der Waals surface area contributed by atoms with Gasteiger partial charge in [-0.1, -0.05) is 64.3 Å². The van der Waals surface area contributed by atoms with Gasteiger partial charge in [0.05, 0.1) is 6.54 Å². The first-order valence-electron chi connectivity index (χ1n) is 11.5. The first kappa shape index (κ1) is 23.3. The van der Waals surface area contributed by atoms with Gasteiger partial charge in [-0.25, -0.2) is 4.79 Å². The van der Waals surface area contributed by atoms with Crippen LogP contribution in [0.15, 0.2) is 24.3 Å². The third kappa shape index (κ3) is 5.26. The molecule has 3 rings (SSSR count). The quantitative estimate of drug-likeness (QED) is 0.550. The van der Waals surface area contributed by atoms with Crippen molar-refractivity contribution in [1.82, 2.24) is 21.1 Å². The van der Waals surface area contributed by atoms with Gasteiger partial charge in [0.2, 0.25) is 0 Å². The lowest BCUT2D eigenvalue weighted by Gasteiger charge is -2.25. The summed E-state index contributed by atoms with van der Waals surface area (Å²) in [6.07, 6.45) is 6.96. The molecule has 0 radical (unpaired) electrons. The maximum atomic E-state index is 12.5. The van der Waals surface area contributed by atoms with Gasteiger partial charge in [-0.3, -0.25) is 15.0 Å². The number of nitrogens with one attached hydrogen (secondary N) is 3. The molecule has 4 amide bonds. The highest BCUT2D eigenvalue weighted by atomic mass is 16.2. The van der Waals surface area contributed by atoms with Gasteiger partial charge in [0.25, 0.3) is 11.8 Å². The number of hydrazine groups is 1. The Morgan fingerprint density at radius 3 is 2.35 bits per heavy atom. The van der Waals surface area contributed by atoms with E-state index in [9.17, 15) is 14.4 Å². The molecule has 7 nitrogen and oxygen atoms in total. The third-order valence-electron chi connectivity index (χ3n) is 6.73. The number of amides is 4. The van der Waals surface area contributed by atoms with Crippen LogP contribution in [-0.4, -0.2) is 34.9 Å². The maximum Gasteiger partial charge on any atom is 0.344 e. The zero-order valence-electron chi connectivity index (χ0n) is 19.2. The highest BCUT2D eigenvalue weighted by Gasteiger charge is 2.47. The van der Waals surface area contributed by atoms with Crippen LogP contribution in [0.4, 0.5) is 4.79 Å². The van der Waals surface area contributed by atoms with Crippen LogP contribution in [0.1, 0.15) is 89.3 Å². The molecular weight excluding hydrogens is 392 g/mol. The number of rotatable bonds is 8. The first-order valence-corrected chi connectivity index (χ1v) is 11.5. The lowest BCUT2D eigenvalue weighted by atomic mass is 9.83. The lowest BCUT2D eigenvalue weighted by molar-refractivity contribution is -0.138. The normalized spacial score (nSPS) is 23.2. The van der Waals surface area contributed by atoms with Crippen LogP contribution in [0, 0.1) is 5.92 Å². The van der Waals surface area contributed by atoms with Crippen molar-refractivity contribution in [3.63, 3.8) is 0 Å². The molecule has 1 saturated carbocycles. The molecule has 1 aromatic rings. The Hall–Kier alpha value is -2.41. The van der Waals surface area contributed by atoms with Gasteiger partial charge in [-0.2, -0.15) is 5.01 Å². The molecule has 2 unspecified atom stereocenters. The second-order valence-corrected chi connectivity index (χ2v) is 9.40. The molecule has 31 heavy (non-hydrogen) atoms. The summed E-state index contributed by atoms with van der Waals surface area (Å²) < 4.78 is 0. The molecule has 1 aliphatic carbocycles. The molecule has 3 N–H and O–H groups in total. The van der Waals surface area contributed by atoms with Crippen molar-refractivity contribution in [3.8, 4) is 0 Å². The van der Waals surface area contributed by atoms with E-state index in [2.05, 4.69) is 54.2 Å². The monoisotopic (exact) mass is 428 g/mol. The molecule has 0 bridgehead atoms. The Morgan fingerprint density at radius 1 is 1.16 bits per heavy atom. The van der Waals surface area contributed by atoms with Crippen LogP contribution in [0.2, 0.25) is 0 Å². The molecule has 1 aliphatic heterocycles. The second kappa shape index (κ2) is 9.81. The Kier molecular flexibility index (Phi) is 7.36. The van der Waals surface area contributed by atoms with E-state index >= 15 is 0 Å². The Bertz CT molecular complexity index is 802. The molecule has 2 fully saturated rings. The summed E-state index contributed by atoms with van der Waals surface area (Å²) in [7, 11) is 0. The number of hydrogen-bond acceptors (Lipinski definition) is 4. The minimum Gasteiger partial charge on any atom is -0.322 e. The number of nitrogens with zero attached hydrogens (tertiary/aromatic N) is 1. The van der Waals surface area contributed by atoms with Crippen molar-refractivity contribution in [3.05, 3.63) is 35.4 Å². The van der Waals surface area contributed by atoms with Gasteiger partial charge >= 0.3 is 6.03 Å². The van der Waals surface area contributed by atoms with Crippen LogP contribution in [0.25, 0.3) is 0 Å². The summed E-state index contributed by atoms with van der Waals surface area (Å²) in [6, 6.07) is 8.16. The fourth-order valence-electron chi connectivity index (χ4n) is 4.54. The van der Waals surface area contributed by atoms with Crippen LogP contribution >= 0.6 is 0 Å². The summed E-state index contributed by atoms with van der Waals surface area (Å²) in [5, 5.41) is 6.71. The van der Waals surface area contributed by atoms with Gasteiger partial charge in [-0.05, 0) is 49.1 Å². The van der Waals surface area contributed by atoms with Gasteiger partial charge in [-0.15, -0.1) is 0 Å². The zero-order chi connectivity index (χ0) is 22.6. The number of benzene rings is 1. The van der Waals surface area contributed by atoms with Gasteiger partial charge in [0.15, 0.2) is 0 Å². The van der Waals surface area contributed by atoms with Crippen LogP contribution in [0.5, 0.6) is 0 Å². The standard InChI is InChI=1S/C24H36N4O3/c1-5-24(4)22(30)28(23(31)26-24)27-20(29)15-25-21(16(2)3)19-13-11-18(12-14-19)17-9-7-6-8-10-17/h11-14,16-17,21,25H,5-10,15H2,1-4H3,(H,26,31)(H,27,29). The number of urea groups is 1. The molecule has 2 aliphatic rings. The van der Waals surface area contributed by atoms with E-state index in [1.165, 1.54) is 37.7 Å². The van der Waals surface area contributed by atoms with Crippen LogP contribution in [0.3, 0.4) is 0 Å². The van der Waals surface area contributed by atoms with E-state index in [1.54, 1.807) is 6.92 Å². The molecule has 0 spiro atoms. The molecule has 2 atom stereocenters. The fraction of sp³-hybridized carbons (Fsp3) is 0.625. The van der Waals surface area contributed by atoms with Crippen molar-refractivity contribution in [1.29, 1.82) is 0 Å². The highest BCUT2D eigenvalue weighted by Crippen LogP contribution is 2.33. The smallest absolute Gasteiger partial charge is 0.322 e. The van der Waals surface area contributed by atoms with E-state index in [-0.39, 0.29) is 18.5 Å². The van der Waals surface area contributed by atoms with E-state index in [0.29, 0.717) is 12.3 Å². The number of imide groups is 1. The third-order valence-corrected chi connectivity index (χ3v) is 6.73. The minimum absolute atomic E-state index is 0.00447. The summed E-state index contributed by atoms with van der Waals surface area (Å²) >= 11 is 0.